The molecule has 2 nitrogen and oxygen atoms in total. The normalized spacial score (nSPS) is 17.7. The third-order valence-electron chi connectivity index (χ3n) is 3.76. The van der Waals surface area contributed by atoms with Crippen molar-refractivity contribution in [3.05, 3.63) is 24.3 Å². The van der Waals surface area contributed by atoms with Gasteiger partial charge in [-0.3, -0.25) is 4.79 Å². The van der Waals surface area contributed by atoms with Gasteiger partial charge in [-0.05, 0) is 49.3 Å². The van der Waals surface area contributed by atoms with Gasteiger partial charge in [0.05, 0.1) is 5.92 Å². The van der Waals surface area contributed by atoms with Crippen molar-refractivity contribution in [1.82, 2.24) is 0 Å². The largest absolute Gasteiger partial charge is 0.426 e. The molecule has 3 heteroatoms. The molecule has 0 spiro atoms. The number of hydrogen-bond acceptors (Lipinski definition) is 3. The predicted molar refractivity (Wildman–Crippen MR) is 75.0 cm³/mol. The van der Waals surface area contributed by atoms with Crippen LogP contribution in [0.3, 0.4) is 0 Å². The molecule has 1 aliphatic carbocycles. The Labute approximate surface area is 113 Å². The molecule has 0 bridgehead atoms. The van der Waals surface area contributed by atoms with Gasteiger partial charge in [0.1, 0.15) is 5.75 Å². The van der Waals surface area contributed by atoms with Crippen LogP contribution in [0.15, 0.2) is 29.2 Å². The van der Waals surface area contributed by atoms with Crippen LogP contribution in [0.2, 0.25) is 0 Å². The molecule has 1 unspecified atom stereocenters. The SMILES string of the molecule is CSc1ccc(OC(=O)C(C)C2CCCC2)cc1. The first-order valence-electron chi connectivity index (χ1n) is 6.56. The number of esters is 1. The third-order valence-corrected chi connectivity index (χ3v) is 4.50. The maximum Gasteiger partial charge on any atom is 0.314 e. The second kappa shape index (κ2) is 6.28. The molecule has 0 heterocycles. The Morgan fingerprint density at radius 2 is 1.89 bits per heavy atom. The van der Waals surface area contributed by atoms with Crippen LogP contribution < -0.4 is 4.74 Å². The summed E-state index contributed by atoms with van der Waals surface area (Å²) in [5, 5.41) is 0. The summed E-state index contributed by atoms with van der Waals surface area (Å²) >= 11 is 1.68. The van der Waals surface area contributed by atoms with E-state index < -0.39 is 0 Å². The quantitative estimate of drug-likeness (QED) is 0.464. The van der Waals surface area contributed by atoms with E-state index in [4.69, 9.17) is 4.74 Å². The van der Waals surface area contributed by atoms with Crippen LogP contribution >= 0.6 is 11.8 Å². The summed E-state index contributed by atoms with van der Waals surface area (Å²) in [5.74, 6) is 1.11. The fourth-order valence-corrected chi connectivity index (χ4v) is 2.91. The standard InChI is InChI=1S/C15H20O2S/c1-11(12-5-3-4-6-12)15(16)17-13-7-9-14(18-2)10-8-13/h7-12H,3-6H2,1-2H3. The smallest absolute Gasteiger partial charge is 0.314 e. The van der Waals surface area contributed by atoms with E-state index in [1.165, 1.54) is 30.6 Å². The number of carbonyl (C=O) groups is 1. The molecule has 2 rings (SSSR count). The molecule has 1 atom stereocenters. The van der Waals surface area contributed by atoms with Gasteiger partial charge in [0.25, 0.3) is 0 Å². The fourth-order valence-electron chi connectivity index (χ4n) is 2.50. The van der Waals surface area contributed by atoms with Crippen LogP contribution in [0.5, 0.6) is 5.75 Å². The zero-order valence-corrected chi connectivity index (χ0v) is 11.8. The lowest BCUT2D eigenvalue weighted by Crippen LogP contribution is -2.23. The van der Waals surface area contributed by atoms with Gasteiger partial charge in [-0.2, -0.15) is 0 Å². The van der Waals surface area contributed by atoms with Gasteiger partial charge < -0.3 is 4.74 Å². The number of benzene rings is 1. The predicted octanol–water partition coefficient (Wildman–Crippen LogP) is 4.14. The van der Waals surface area contributed by atoms with Gasteiger partial charge in [0, 0.05) is 4.90 Å². The van der Waals surface area contributed by atoms with Gasteiger partial charge in [-0.25, -0.2) is 0 Å². The summed E-state index contributed by atoms with van der Waals surface area (Å²) in [4.78, 5) is 13.2. The lowest BCUT2D eigenvalue weighted by atomic mass is 9.93. The van der Waals surface area contributed by atoms with Crippen molar-refractivity contribution < 1.29 is 9.53 Å². The van der Waals surface area contributed by atoms with Crippen molar-refractivity contribution >= 4 is 17.7 Å². The van der Waals surface area contributed by atoms with Crippen LogP contribution in [0, 0.1) is 11.8 Å². The molecule has 0 aliphatic heterocycles. The number of ether oxygens (including phenoxy) is 1. The highest BCUT2D eigenvalue weighted by Gasteiger charge is 2.28. The summed E-state index contributed by atoms with van der Waals surface area (Å²) in [6, 6.07) is 7.69. The van der Waals surface area contributed by atoms with Crippen molar-refractivity contribution in [2.24, 2.45) is 11.8 Å². The number of carbonyl (C=O) groups excluding carboxylic acids is 1. The first kappa shape index (κ1) is 13.5. The van der Waals surface area contributed by atoms with Gasteiger partial charge in [0.2, 0.25) is 0 Å². The first-order valence-corrected chi connectivity index (χ1v) is 7.79. The Morgan fingerprint density at radius 3 is 2.44 bits per heavy atom. The molecule has 1 fully saturated rings. The van der Waals surface area contributed by atoms with Gasteiger partial charge >= 0.3 is 5.97 Å². The Bertz CT molecular complexity index is 393. The Kier molecular flexibility index (Phi) is 4.70. The van der Waals surface area contributed by atoms with E-state index >= 15 is 0 Å². The van der Waals surface area contributed by atoms with Crippen molar-refractivity contribution in [1.29, 1.82) is 0 Å². The Hall–Kier alpha value is -0.960. The van der Waals surface area contributed by atoms with Crippen LogP contribution in [0.25, 0.3) is 0 Å². The molecule has 0 N–H and O–H groups in total. The minimum absolute atomic E-state index is 0.0210. The van der Waals surface area contributed by atoms with Crippen molar-refractivity contribution in [2.45, 2.75) is 37.5 Å². The minimum Gasteiger partial charge on any atom is -0.426 e. The zero-order chi connectivity index (χ0) is 13.0. The molecule has 1 aromatic rings. The maximum absolute atomic E-state index is 12.0. The minimum atomic E-state index is -0.0844. The lowest BCUT2D eigenvalue weighted by molar-refractivity contribution is -0.140. The molecule has 0 aromatic heterocycles. The van der Waals surface area contributed by atoms with Crippen molar-refractivity contribution in [2.75, 3.05) is 6.26 Å². The molecule has 1 aromatic carbocycles. The number of rotatable bonds is 4. The first-order chi connectivity index (χ1) is 8.70. The van der Waals surface area contributed by atoms with Gasteiger partial charge in [-0.1, -0.05) is 19.8 Å². The maximum atomic E-state index is 12.0. The molecule has 1 saturated carbocycles. The fraction of sp³-hybridized carbons (Fsp3) is 0.533. The van der Waals surface area contributed by atoms with E-state index in [0.717, 1.165) is 0 Å². The van der Waals surface area contributed by atoms with E-state index in [9.17, 15) is 4.79 Å². The Balaban J connectivity index is 1.93. The van der Waals surface area contributed by atoms with E-state index in [2.05, 4.69) is 0 Å². The van der Waals surface area contributed by atoms with Crippen molar-refractivity contribution in [3.8, 4) is 5.75 Å². The van der Waals surface area contributed by atoms with E-state index in [1.807, 2.05) is 37.4 Å². The highest BCUT2D eigenvalue weighted by molar-refractivity contribution is 7.98. The van der Waals surface area contributed by atoms with Crippen molar-refractivity contribution in [3.63, 3.8) is 0 Å². The van der Waals surface area contributed by atoms with Crippen LogP contribution in [0.1, 0.15) is 32.6 Å². The molecule has 0 amide bonds. The highest BCUT2D eigenvalue weighted by Crippen LogP contribution is 2.32. The van der Waals surface area contributed by atoms with Gasteiger partial charge in [0.15, 0.2) is 0 Å². The number of hydrogen-bond donors (Lipinski definition) is 0. The van der Waals surface area contributed by atoms with Crippen LogP contribution in [-0.4, -0.2) is 12.2 Å². The number of thioether (sulfide) groups is 1. The molecule has 0 radical (unpaired) electrons. The molecule has 18 heavy (non-hydrogen) atoms. The average Bonchev–Trinajstić information content (AvgIpc) is 2.92. The summed E-state index contributed by atoms with van der Waals surface area (Å²) in [7, 11) is 0. The van der Waals surface area contributed by atoms with E-state index in [1.54, 1.807) is 11.8 Å². The lowest BCUT2D eigenvalue weighted by Gasteiger charge is -2.17. The zero-order valence-electron chi connectivity index (χ0n) is 11.0. The molecule has 0 saturated heterocycles. The monoisotopic (exact) mass is 264 g/mol. The molecular weight excluding hydrogens is 244 g/mol. The summed E-state index contributed by atoms with van der Waals surface area (Å²) < 4.78 is 5.44. The summed E-state index contributed by atoms with van der Waals surface area (Å²) in [5.41, 5.74) is 0. The highest BCUT2D eigenvalue weighted by atomic mass is 32.2. The van der Waals surface area contributed by atoms with E-state index in [-0.39, 0.29) is 11.9 Å². The second-order valence-corrected chi connectivity index (χ2v) is 5.81. The van der Waals surface area contributed by atoms with Crippen LogP contribution in [0.4, 0.5) is 0 Å². The average molecular weight is 264 g/mol. The topological polar surface area (TPSA) is 26.3 Å². The third kappa shape index (κ3) is 3.29. The molecule has 98 valence electrons. The van der Waals surface area contributed by atoms with Crippen LogP contribution in [-0.2, 0) is 4.79 Å². The van der Waals surface area contributed by atoms with E-state index in [0.29, 0.717) is 11.7 Å². The van der Waals surface area contributed by atoms with Gasteiger partial charge in [-0.15, -0.1) is 11.8 Å². The molecule has 1 aliphatic rings. The summed E-state index contributed by atoms with van der Waals surface area (Å²) in [6.45, 7) is 1.99. The molecular formula is C15H20O2S. The Morgan fingerprint density at radius 1 is 1.28 bits per heavy atom. The second-order valence-electron chi connectivity index (χ2n) is 4.93. The summed E-state index contributed by atoms with van der Waals surface area (Å²) in [6.07, 6.45) is 6.88.